The van der Waals surface area contributed by atoms with Gasteiger partial charge < -0.3 is 9.13 Å². The first-order chi connectivity index (χ1) is 35.7. The average Bonchev–Trinajstić information content (AvgIpc) is 4.21. The van der Waals surface area contributed by atoms with Crippen LogP contribution in [0.3, 0.4) is 0 Å². The van der Waals surface area contributed by atoms with E-state index in [-0.39, 0.29) is 0 Å². The zero-order valence-corrected chi connectivity index (χ0v) is 38.5. The van der Waals surface area contributed by atoms with Crippen LogP contribution in [0.15, 0.2) is 231 Å². The van der Waals surface area contributed by atoms with E-state index in [9.17, 15) is 0 Å². The van der Waals surface area contributed by atoms with Gasteiger partial charge in [-0.3, -0.25) is 18.8 Å². The van der Waals surface area contributed by atoms with E-state index < -0.39 is 0 Å². The number of aromatic nitrogens is 8. The van der Waals surface area contributed by atoms with Crippen molar-refractivity contribution in [3.63, 3.8) is 0 Å². The maximum Gasteiger partial charge on any atom is 0.137 e. The summed E-state index contributed by atoms with van der Waals surface area (Å²) in [6.45, 7) is 0. The van der Waals surface area contributed by atoms with Crippen LogP contribution < -0.4 is 0 Å². The molecule has 0 radical (unpaired) electrons. The van der Waals surface area contributed by atoms with Crippen LogP contribution in [0.2, 0.25) is 0 Å². The van der Waals surface area contributed by atoms with E-state index in [4.69, 9.17) is 19.9 Å². The summed E-state index contributed by atoms with van der Waals surface area (Å²) in [5.74, 6) is 0. The van der Waals surface area contributed by atoms with E-state index in [0.29, 0.717) is 0 Å². The molecule has 0 spiro atoms. The van der Waals surface area contributed by atoms with E-state index in [1.807, 2.05) is 36.7 Å². The topological polar surface area (TPSA) is 70.2 Å². The molecular weight excluding hydrogens is 881 g/mol. The van der Waals surface area contributed by atoms with Gasteiger partial charge in [-0.2, -0.15) is 0 Å². The molecule has 8 aromatic carbocycles. The van der Waals surface area contributed by atoms with Crippen LogP contribution in [0, 0.1) is 0 Å². The molecule has 0 aliphatic rings. The molecule has 0 saturated heterocycles. The number of imidazole rings is 2. The molecular formula is C64H38N8. The predicted octanol–water partition coefficient (Wildman–Crippen LogP) is 15.5. The van der Waals surface area contributed by atoms with Gasteiger partial charge in [0, 0.05) is 69.2 Å². The summed E-state index contributed by atoms with van der Waals surface area (Å²) in [6, 6.07) is 73.5. The molecule has 8 heterocycles. The molecule has 0 N–H and O–H groups in total. The summed E-state index contributed by atoms with van der Waals surface area (Å²) < 4.78 is 9.11. The highest BCUT2D eigenvalue weighted by Crippen LogP contribution is 2.47. The molecule has 8 heteroatoms. The molecule has 16 aromatic rings. The zero-order valence-electron chi connectivity index (χ0n) is 38.5. The van der Waals surface area contributed by atoms with Crippen LogP contribution in [0.25, 0.3) is 144 Å². The Balaban J connectivity index is 0.860. The van der Waals surface area contributed by atoms with Gasteiger partial charge in [-0.15, -0.1) is 0 Å². The molecule has 334 valence electrons. The molecule has 0 saturated carbocycles. The van der Waals surface area contributed by atoms with E-state index in [1.165, 1.54) is 32.3 Å². The molecule has 0 bridgehead atoms. The summed E-state index contributed by atoms with van der Waals surface area (Å²) in [5.41, 5.74) is 18.7. The predicted molar refractivity (Wildman–Crippen MR) is 294 cm³/mol. The number of rotatable bonds is 6. The molecule has 0 unspecified atom stereocenters. The van der Waals surface area contributed by atoms with Crippen molar-refractivity contribution in [3.05, 3.63) is 231 Å². The second kappa shape index (κ2) is 14.8. The molecule has 72 heavy (non-hydrogen) atoms. The van der Waals surface area contributed by atoms with Crippen LogP contribution in [-0.4, -0.2) is 37.9 Å². The lowest BCUT2D eigenvalue weighted by atomic mass is 9.91. The largest absolute Gasteiger partial charge is 0.308 e. The first-order valence-electron chi connectivity index (χ1n) is 24.3. The normalized spacial score (nSPS) is 12.2. The highest BCUT2D eigenvalue weighted by atomic mass is 15.0. The van der Waals surface area contributed by atoms with Crippen molar-refractivity contribution in [1.29, 1.82) is 0 Å². The Kier molecular flexibility index (Phi) is 8.01. The fraction of sp³-hybridized carbons (Fsp3) is 0. The molecule has 0 aliphatic carbocycles. The summed E-state index contributed by atoms with van der Waals surface area (Å²) in [5, 5.41) is 9.50. The smallest absolute Gasteiger partial charge is 0.137 e. The van der Waals surface area contributed by atoms with E-state index >= 15 is 0 Å². The second-order valence-corrected chi connectivity index (χ2v) is 18.7. The van der Waals surface area contributed by atoms with Gasteiger partial charge in [-0.05, 0) is 117 Å². The monoisotopic (exact) mass is 918 g/mol. The van der Waals surface area contributed by atoms with Gasteiger partial charge in [0.2, 0.25) is 0 Å². The Bertz CT molecular complexity index is 4520. The van der Waals surface area contributed by atoms with Crippen LogP contribution in [0.5, 0.6) is 0 Å². The maximum atomic E-state index is 5.15. The highest BCUT2D eigenvalue weighted by Gasteiger charge is 2.24. The Labute approximate surface area is 410 Å². The molecule has 0 aliphatic heterocycles. The van der Waals surface area contributed by atoms with Crippen molar-refractivity contribution >= 4 is 87.5 Å². The fourth-order valence-corrected chi connectivity index (χ4v) is 11.8. The van der Waals surface area contributed by atoms with Gasteiger partial charge in [0.25, 0.3) is 0 Å². The molecule has 8 aromatic heterocycles. The molecule has 0 amide bonds. The second-order valence-electron chi connectivity index (χ2n) is 18.7. The minimum Gasteiger partial charge on any atom is -0.308 e. The summed E-state index contributed by atoms with van der Waals surface area (Å²) in [7, 11) is 0. The number of pyridine rings is 4. The minimum absolute atomic E-state index is 0.917. The Morgan fingerprint density at radius 3 is 1.19 bits per heavy atom. The van der Waals surface area contributed by atoms with E-state index in [1.54, 1.807) is 0 Å². The lowest BCUT2D eigenvalue weighted by Gasteiger charge is -2.15. The van der Waals surface area contributed by atoms with Crippen molar-refractivity contribution in [2.24, 2.45) is 0 Å². The van der Waals surface area contributed by atoms with Crippen LogP contribution in [-0.2, 0) is 0 Å². The number of hydrogen-bond donors (Lipinski definition) is 0. The highest BCUT2D eigenvalue weighted by molar-refractivity contribution is 6.37. The third-order valence-corrected chi connectivity index (χ3v) is 14.8. The molecule has 0 fully saturated rings. The van der Waals surface area contributed by atoms with Crippen molar-refractivity contribution in [2.75, 3.05) is 0 Å². The lowest BCUT2D eigenvalue weighted by molar-refractivity contribution is 1.18. The number of nitrogens with zero attached hydrogens (tertiary/aromatic N) is 8. The van der Waals surface area contributed by atoms with Gasteiger partial charge in [0.1, 0.15) is 11.3 Å². The van der Waals surface area contributed by atoms with E-state index in [0.717, 1.165) is 112 Å². The standard InChI is InChI=1S/C64H38N8/c1-3-13-41(14-4-1)63-59(67-53-19-7-9-35-69(53)63)39-21-27-45(28-22-39)71-49-17-11-33-65-61(49)57-47-31-26-44-38-52-58(48-32-25-43(37-51(57)71)55(47)56(44)48)62-50(18-12-34-66-62)72(52)46-29-23-40(24-30-46)60-64(42-15-5-2-6-16-42)70-36-10-8-20-54(70)68-60/h1-38H. The Hall–Kier alpha value is -9.92. The summed E-state index contributed by atoms with van der Waals surface area (Å²) >= 11 is 0. The first kappa shape index (κ1) is 39.0. The number of benzene rings is 8. The van der Waals surface area contributed by atoms with Crippen molar-refractivity contribution in [2.45, 2.75) is 0 Å². The molecule has 16 rings (SSSR count). The van der Waals surface area contributed by atoms with Gasteiger partial charge in [-0.1, -0.05) is 121 Å². The fourth-order valence-electron chi connectivity index (χ4n) is 11.8. The van der Waals surface area contributed by atoms with Crippen molar-refractivity contribution in [1.82, 2.24) is 37.9 Å². The average molecular weight is 919 g/mol. The number of fused-ring (bicyclic) bond motifs is 10. The number of hydrogen-bond acceptors (Lipinski definition) is 4. The van der Waals surface area contributed by atoms with Gasteiger partial charge in [-0.25, -0.2) is 9.97 Å². The SMILES string of the molecule is c1ccc(-c2c(-c3ccc(-n4c5cccnc5c5c6ccc7cc8c(c9ccc(cc54)c6c79)c4ncccc4n8-c4ccc(-c5nc6ccccn6c5-c5ccccc5)cc4)cc3)nc3ccccn23)cc1. The summed E-state index contributed by atoms with van der Waals surface area (Å²) in [6.07, 6.45) is 8.01. The molecule has 0 atom stereocenters. The van der Waals surface area contributed by atoms with Crippen LogP contribution in [0.1, 0.15) is 0 Å². The van der Waals surface area contributed by atoms with Gasteiger partial charge >= 0.3 is 0 Å². The van der Waals surface area contributed by atoms with Gasteiger partial charge in [0.15, 0.2) is 0 Å². The van der Waals surface area contributed by atoms with Crippen LogP contribution in [0.4, 0.5) is 0 Å². The van der Waals surface area contributed by atoms with Crippen molar-refractivity contribution < 1.29 is 0 Å². The Morgan fingerprint density at radius 2 is 0.750 bits per heavy atom. The maximum absolute atomic E-state index is 5.15. The Morgan fingerprint density at radius 1 is 0.319 bits per heavy atom. The summed E-state index contributed by atoms with van der Waals surface area (Å²) in [4.78, 5) is 20.5. The minimum atomic E-state index is 0.917. The lowest BCUT2D eigenvalue weighted by Crippen LogP contribution is -1.95. The third-order valence-electron chi connectivity index (χ3n) is 14.8. The van der Waals surface area contributed by atoms with E-state index in [2.05, 4.69) is 212 Å². The quantitative estimate of drug-likeness (QED) is 0.156. The van der Waals surface area contributed by atoms with Crippen LogP contribution >= 0.6 is 0 Å². The first-order valence-corrected chi connectivity index (χ1v) is 24.3. The zero-order chi connectivity index (χ0) is 47.0. The van der Waals surface area contributed by atoms with Gasteiger partial charge in [0.05, 0.1) is 55.9 Å². The third kappa shape index (κ3) is 5.45. The van der Waals surface area contributed by atoms with Crippen molar-refractivity contribution in [3.8, 4) is 56.4 Å². The molecule has 8 nitrogen and oxygen atoms in total.